The minimum absolute atomic E-state index is 0.0919. The zero-order valence-corrected chi connectivity index (χ0v) is 17.9. The molecule has 0 saturated carbocycles. The quantitative estimate of drug-likeness (QED) is 0.387. The first-order valence-corrected chi connectivity index (χ1v) is 10.4. The molecule has 1 heterocycles. The summed E-state index contributed by atoms with van der Waals surface area (Å²) in [6.45, 7) is 0.713. The monoisotopic (exact) mass is 427 g/mol. The van der Waals surface area contributed by atoms with Gasteiger partial charge in [0.2, 0.25) is 11.8 Å². The van der Waals surface area contributed by atoms with Crippen molar-refractivity contribution in [3.05, 3.63) is 108 Å². The lowest BCUT2D eigenvalue weighted by Crippen LogP contribution is -2.02. The van der Waals surface area contributed by atoms with Crippen molar-refractivity contribution >= 4 is 0 Å². The van der Waals surface area contributed by atoms with Crippen LogP contribution in [0, 0.1) is 0 Å². The Morgan fingerprint density at radius 3 is 2.03 bits per heavy atom. The van der Waals surface area contributed by atoms with Gasteiger partial charge in [0, 0.05) is 17.2 Å². The fourth-order valence-corrected chi connectivity index (χ4v) is 3.33. The smallest absolute Gasteiger partial charge is 0.225 e. The van der Waals surface area contributed by atoms with Crippen LogP contribution in [-0.4, -0.2) is 17.2 Å². The second-order valence-electron chi connectivity index (χ2n) is 7.24. The van der Waals surface area contributed by atoms with E-state index >= 15 is 0 Å². The summed E-state index contributed by atoms with van der Waals surface area (Å²) >= 11 is 0. The Morgan fingerprint density at radius 1 is 0.750 bits per heavy atom. The average Bonchev–Trinajstić information content (AvgIpc) is 2.87. The van der Waals surface area contributed by atoms with Crippen LogP contribution in [0.4, 0.5) is 0 Å². The van der Waals surface area contributed by atoms with Crippen molar-refractivity contribution in [1.29, 1.82) is 0 Å². The van der Waals surface area contributed by atoms with Crippen molar-refractivity contribution in [2.45, 2.75) is 19.8 Å². The maximum Gasteiger partial charge on any atom is 0.225 e. The molecule has 0 aliphatic rings. The number of methoxy groups -OCH3 is 1. The van der Waals surface area contributed by atoms with Crippen LogP contribution < -0.4 is 14.2 Å². The van der Waals surface area contributed by atoms with Gasteiger partial charge in [-0.25, -0.2) is 0 Å². The van der Waals surface area contributed by atoms with E-state index in [1.54, 1.807) is 7.11 Å². The van der Waals surface area contributed by atoms with Crippen LogP contribution in [0.25, 0.3) is 11.1 Å². The van der Waals surface area contributed by atoms with Crippen LogP contribution in [-0.2, 0) is 19.8 Å². The summed E-state index contributed by atoms with van der Waals surface area (Å²) < 4.78 is 17.5. The van der Waals surface area contributed by atoms with Gasteiger partial charge < -0.3 is 19.3 Å². The maximum atomic E-state index is 9.53. The molecule has 3 aromatic carbocycles. The van der Waals surface area contributed by atoms with Crippen LogP contribution in [0.3, 0.4) is 0 Å². The number of ether oxygens (including phenoxy) is 3. The third-order valence-electron chi connectivity index (χ3n) is 5.05. The van der Waals surface area contributed by atoms with Gasteiger partial charge in [-0.1, -0.05) is 72.8 Å². The van der Waals surface area contributed by atoms with Crippen LogP contribution in [0.15, 0.2) is 91.0 Å². The Morgan fingerprint density at radius 2 is 1.41 bits per heavy atom. The van der Waals surface area contributed by atoms with E-state index in [2.05, 4.69) is 4.98 Å². The van der Waals surface area contributed by atoms with E-state index in [1.165, 1.54) is 0 Å². The van der Waals surface area contributed by atoms with Gasteiger partial charge in [-0.05, 0) is 28.8 Å². The normalized spacial score (nSPS) is 10.6. The first-order chi connectivity index (χ1) is 15.8. The molecule has 0 atom stereocenters. The number of aliphatic hydroxyl groups excluding tert-OH is 1. The molecule has 1 aromatic heterocycles. The first kappa shape index (κ1) is 21.4. The molecule has 0 saturated heterocycles. The van der Waals surface area contributed by atoms with Crippen LogP contribution >= 0.6 is 0 Å². The third kappa shape index (κ3) is 5.25. The highest BCUT2D eigenvalue weighted by molar-refractivity contribution is 5.71. The van der Waals surface area contributed by atoms with E-state index < -0.39 is 0 Å². The predicted octanol–water partition coefficient (Wildman–Crippen LogP) is 5.41. The maximum absolute atomic E-state index is 9.53. The summed E-state index contributed by atoms with van der Waals surface area (Å²) in [5.74, 6) is 1.57. The summed E-state index contributed by atoms with van der Waals surface area (Å²) in [7, 11) is 1.59. The van der Waals surface area contributed by atoms with Crippen LogP contribution in [0.2, 0.25) is 0 Å². The van der Waals surface area contributed by atoms with Gasteiger partial charge in [-0.2, -0.15) is 4.98 Å². The van der Waals surface area contributed by atoms with Gasteiger partial charge in [-0.3, -0.25) is 0 Å². The molecule has 162 valence electrons. The van der Waals surface area contributed by atoms with Crippen molar-refractivity contribution in [3.63, 3.8) is 0 Å². The van der Waals surface area contributed by atoms with E-state index in [0.717, 1.165) is 27.8 Å². The Labute approximate surface area is 187 Å². The Bertz CT molecular complexity index is 1150. The van der Waals surface area contributed by atoms with Crippen molar-refractivity contribution in [1.82, 2.24) is 4.98 Å². The summed E-state index contributed by atoms with van der Waals surface area (Å²) in [4.78, 5) is 4.64. The van der Waals surface area contributed by atoms with E-state index in [1.807, 2.05) is 91.0 Å². The topological polar surface area (TPSA) is 60.8 Å². The molecular formula is C27H25NO4. The summed E-state index contributed by atoms with van der Waals surface area (Å²) in [6, 6.07) is 29.3. The number of benzene rings is 3. The number of nitrogens with zero attached hydrogens (tertiary/aromatic N) is 1. The van der Waals surface area contributed by atoms with E-state index in [-0.39, 0.29) is 6.61 Å². The molecule has 0 spiro atoms. The second kappa shape index (κ2) is 10.5. The number of aliphatic hydroxyl groups is 1. The fraction of sp³-hybridized carbons (Fsp3) is 0.148. The number of hydrogen-bond donors (Lipinski definition) is 1. The molecule has 0 radical (unpaired) electrons. The number of aromatic nitrogens is 1. The first-order valence-electron chi connectivity index (χ1n) is 10.4. The highest BCUT2D eigenvalue weighted by Crippen LogP contribution is 2.34. The van der Waals surface area contributed by atoms with Gasteiger partial charge in [0.05, 0.1) is 13.7 Å². The minimum atomic E-state index is -0.0919. The fourth-order valence-electron chi connectivity index (χ4n) is 3.33. The number of pyridine rings is 1. The van der Waals surface area contributed by atoms with Crippen molar-refractivity contribution in [3.8, 4) is 28.6 Å². The van der Waals surface area contributed by atoms with Crippen molar-refractivity contribution < 1.29 is 19.3 Å². The molecule has 0 aliphatic heterocycles. The summed E-state index contributed by atoms with van der Waals surface area (Å²) in [5.41, 5.74) is 4.53. The van der Waals surface area contributed by atoms with Gasteiger partial charge >= 0.3 is 0 Å². The zero-order chi connectivity index (χ0) is 22.2. The second-order valence-corrected chi connectivity index (χ2v) is 7.24. The Kier molecular flexibility index (Phi) is 7.00. The van der Waals surface area contributed by atoms with Gasteiger partial charge in [-0.15, -0.1) is 0 Å². The van der Waals surface area contributed by atoms with Crippen LogP contribution in [0.5, 0.6) is 17.5 Å². The highest BCUT2D eigenvalue weighted by atomic mass is 16.5. The molecule has 1 N–H and O–H groups in total. The van der Waals surface area contributed by atoms with E-state index in [9.17, 15) is 5.11 Å². The predicted molar refractivity (Wildman–Crippen MR) is 124 cm³/mol. The molecular weight excluding hydrogens is 402 g/mol. The molecule has 0 fully saturated rings. The SMILES string of the molecule is COc1cc(-c2ccc(OCc3ccccc3)nc2OCc2ccccc2)ccc1CO. The van der Waals surface area contributed by atoms with E-state index in [4.69, 9.17) is 14.2 Å². The van der Waals surface area contributed by atoms with Crippen LogP contribution in [0.1, 0.15) is 16.7 Å². The number of hydrogen-bond acceptors (Lipinski definition) is 5. The lowest BCUT2D eigenvalue weighted by molar-refractivity contribution is 0.268. The van der Waals surface area contributed by atoms with Crippen molar-refractivity contribution in [2.24, 2.45) is 0 Å². The lowest BCUT2D eigenvalue weighted by Gasteiger charge is -2.15. The molecule has 4 rings (SSSR count). The van der Waals surface area contributed by atoms with Gasteiger partial charge in [0.1, 0.15) is 19.0 Å². The van der Waals surface area contributed by atoms with Gasteiger partial charge in [0.15, 0.2) is 0 Å². The Balaban J connectivity index is 1.63. The minimum Gasteiger partial charge on any atom is -0.496 e. The number of rotatable bonds is 9. The molecule has 5 nitrogen and oxygen atoms in total. The Hall–Kier alpha value is -3.83. The average molecular weight is 428 g/mol. The molecule has 4 aromatic rings. The van der Waals surface area contributed by atoms with Gasteiger partial charge in [0.25, 0.3) is 0 Å². The zero-order valence-electron chi connectivity index (χ0n) is 17.9. The molecule has 5 heteroatoms. The molecule has 0 aliphatic carbocycles. The summed E-state index contributed by atoms with van der Waals surface area (Å²) in [5, 5.41) is 9.53. The largest absolute Gasteiger partial charge is 0.496 e. The summed E-state index contributed by atoms with van der Waals surface area (Å²) in [6.07, 6.45) is 0. The highest BCUT2D eigenvalue weighted by Gasteiger charge is 2.13. The third-order valence-corrected chi connectivity index (χ3v) is 5.05. The van der Waals surface area contributed by atoms with Crippen molar-refractivity contribution in [2.75, 3.05) is 7.11 Å². The lowest BCUT2D eigenvalue weighted by atomic mass is 10.0. The molecule has 0 amide bonds. The molecule has 32 heavy (non-hydrogen) atoms. The van der Waals surface area contributed by atoms with E-state index in [0.29, 0.717) is 30.7 Å². The standard InChI is InChI=1S/C27H25NO4/c1-30-25-16-22(12-13-23(25)17-29)24-14-15-26(31-18-20-8-4-2-5-9-20)28-27(24)32-19-21-10-6-3-7-11-21/h2-16,29H,17-19H2,1H3. The molecule has 0 bridgehead atoms. The molecule has 0 unspecified atom stereocenters.